The predicted molar refractivity (Wildman–Crippen MR) is 109 cm³/mol. The van der Waals surface area contributed by atoms with Crippen LogP contribution in [0.25, 0.3) is 11.2 Å². The van der Waals surface area contributed by atoms with Crippen LogP contribution < -0.4 is 22.0 Å². The van der Waals surface area contributed by atoms with E-state index in [0.29, 0.717) is 23.7 Å². The number of aryl methyl sites for hydroxylation is 2. The van der Waals surface area contributed by atoms with Crippen molar-refractivity contribution in [2.24, 2.45) is 17.9 Å². The maximum absolute atomic E-state index is 13.3. The number of nitrogens with zero attached hydrogens (tertiary/aromatic N) is 6. The minimum Gasteiger partial charge on any atom is -0.368 e. The molecular weight excluding hydrogens is 374 g/mol. The summed E-state index contributed by atoms with van der Waals surface area (Å²) in [6.45, 7) is 4.04. The van der Waals surface area contributed by atoms with Crippen molar-refractivity contribution in [2.75, 3.05) is 11.6 Å². The second kappa shape index (κ2) is 6.73. The lowest BCUT2D eigenvalue weighted by atomic mass is 10.1. The molecule has 3 aromatic rings. The topological polar surface area (TPSA) is 121 Å². The van der Waals surface area contributed by atoms with Gasteiger partial charge in [0.25, 0.3) is 5.56 Å². The van der Waals surface area contributed by atoms with Gasteiger partial charge in [0, 0.05) is 7.05 Å². The van der Waals surface area contributed by atoms with Gasteiger partial charge in [-0.05, 0) is 25.0 Å². The number of amides is 1. The van der Waals surface area contributed by atoms with Crippen LogP contribution in [0.2, 0.25) is 0 Å². The molecule has 29 heavy (non-hydrogen) atoms. The van der Waals surface area contributed by atoms with Gasteiger partial charge in [0.2, 0.25) is 11.9 Å². The Morgan fingerprint density at radius 1 is 1.21 bits per heavy atom. The third-order valence-electron chi connectivity index (χ3n) is 5.02. The van der Waals surface area contributed by atoms with E-state index in [2.05, 4.69) is 10.1 Å². The van der Waals surface area contributed by atoms with Crippen LogP contribution in [0.1, 0.15) is 18.1 Å². The smallest absolute Gasteiger partial charge is 0.332 e. The maximum Gasteiger partial charge on any atom is 0.332 e. The Bertz CT molecular complexity index is 1300. The first-order valence-electron chi connectivity index (χ1n) is 9.12. The predicted octanol–water partition coefficient (Wildman–Crippen LogP) is -0.0654. The number of nitrogens with two attached hydrogens (primary N) is 1. The summed E-state index contributed by atoms with van der Waals surface area (Å²) in [5.41, 5.74) is 7.54. The van der Waals surface area contributed by atoms with Crippen molar-refractivity contribution in [1.29, 1.82) is 0 Å². The molecule has 0 saturated heterocycles. The van der Waals surface area contributed by atoms with E-state index < -0.39 is 17.2 Å². The first-order valence-corrected chi connectivity index (χ1v) is 9.12. The molecule has 2 aromatic heterocycles. The van der Waals surface area contributed by atoms with Crippen molar-refractivity contribution in [3.05, 3.63) is 56.2 Å². The fraction of sp³-hybridized carbons (Fsp3) is 0.316. The molecule has 0 atom stereocenters. The zero-order valence-electron chi connectivity index (χ0n) is 16.4. The molecule has 0 fully saturated rings. The molecule has 1 aliphatic rings. The average Bonchev–Trinajstić information content (AvgIpc) is 3.04. The van der Waals surface area contributed by atoms with E-state index in [4.69, 9.17) is 5.73 Å². The molecule has 150 valence electrons. The Kier molecular flexibility index (Phi) is 4.33. The highest BCUT2D eigenvalue weighted by Gasteiger charge is 2.27. The number of hydrogen-bond acceptors (Lipinski definition) is 6. The SMILES string of the molecule is CC1=NN(CC(N)=O)c2nc3c(c(=O)n(Cc4ccccc4C)c(=O)n3C)n2C1. The number of benzene rings is 1. The van der Waals surface area contributed by atoms with Gasteiger partial charge in [0.15, 0.2) is 11.2 Å². The number of fused-ring (bicyclic) bond motifs is 3. The number of carbonyl (C=O) groups excluding carboxylic acids is 1. The van der Waals surface area contributed by atoms with Crippen LogP contribution in [-0.2, 0) is 24.9 Å². The Labute approximate surface area is 165 Å². The molecule has 10 heteroatoms. The monoisotopic (exact) mass is 395 g/mol. The highest BCUT2D eigenvalue weighted by atomic mass is 16.2. The Morgan fingerprint density at radius 2 is 1.93 bits per heavy atom. The summed E-state index contributed by atoms with van der Waals surface area (Å²) in [7, 11) is 1.57. The van der Waals surface area contributed by atoms with Crippen LogP contribution in [0.4, 0.5) is 5.95 Å². The average molecular weight is 395 g/mol. The molecule has 10 nitrogen and oxygen atoms in total. The summed E-state index contributed by atoms with van der Waals surface area (Å²) in [5, 5.41) is 5.67. The van der Waals surface area contributed by atoms with E-state index in [1.807, 2.05) is 31.2 Å². The zero-order valence-corrected chi connectivity index (χ0v) is 16.4. The van der Waals surface area contributed by atoms with E-state index in [-0.39, 0.29) is 18.7 Å². The molecule has 3 heterocycles. The fourth-order valence-corrected chi connectivity index (χ4v) is 3.57. The minimum absolute atomic E-state index is 0.159. The summed E-state index contributed by atoms with van der Waals surface area (Å²) in [4.78, 5) is 42.1. The molecular formula is C19H21N7O3. The molecule has 1 aliphatic heterocycles. The van der Waals surface area contributed by atoms with Crippen LogP contribution in [0.5, 0.6) is 0 Å². The molecule has 1 aromatic carbocycles. The van der Waals surface area contributed by atoms with Gasteiger partial charge in [-0.15, -0.1) is 0 Å². The maximum atomic E-state index is 13.3. The van der Waals surface area contributed by atoms with Gasteiger partial charge in [0.05, 0.1) is 18.8 Å². The first-order chi connectivity index (χ1) is 13.8. The molecule has 0 aliphatic carbocycles. The summed E-state index contributed by atoms with van der Waals surface area (Å²) in [6, 6.07) is 7.61. The summed E-state index contributed by atoms with van der Waals surface area (Å²) in [6.07, 6.45) is 0. The molecule has 4 rings (SSSR count). The quantitative estimate of drug-likeness (QED) is 0.663. The Balaban J connectivity index is 1.95. The van der Waals surface area contributed by atoms with Crippen LogP contribution >= 0.6 is 0 Å². The van der Waals surface area contributed by atoms with E-state index in [1.165, 1.54) is 14.1 Å². The second-order valence-electron chi connectivity index (χ2n) is 7.19. The van der Waals surface area contributed by atoms with Crippen molar-refractivity contribution >= 4 is 28.7 Å². The third-order valence-corrected chi connectivity index (χ3v) is 5.02. The number of primary amides is 1. The molecule has 0 saturated carbocycles. The van der Waals surface area contributed by atoms with Gasteiger partial charge in [-0.3, -0.25) is 23.3 Å². The van der Waals surface area contributed by atoms with Crippen LogP contribution in [0, 0.1) is 6.92 Å². The summed E-state index contributed by atoms with van der Waals surface area (Å²) < 4.78 is 4.23. The van der Waals surface area contributed by atoms with Crippen molar-refractivity contribution in [3.63, 3.8) is 0 Å². The van der Waals surface area contributed by atoms with E-state index in [1.54, 1.807) is 18.5 Å². The van der Waals surface area contributed by atoms with Gasteiger partial charge < -0.3 is 5.73 Å². The number of rotatable bonds is 4. The van der Waals surface area contributed by atoms with E-state index in [9.17, 15) is 14.4 Å². The first kappa shape index (κ1) is 18.7. The molecule has 0 spiro atoms. The number of hydrogen-bond donors (Lipinski definition) is 1. The van der Waals surface area contributed by atoms with E-state index >= 15 is 0 Å². The van der Waals surface area contributed by atoms with Gasteiger partial charge in [0.1, 0.15) is 6.54 Å². The summed E-state index contributed by atoms with van der Waals surface area (Å²) >= 11 is 0. The lowest BCUT2D eigenvalue weighted by Crippen LogP contribution is -2.40. The number of hydrazone groups is 1. The molecule has 2 N–H and O–H groups in total. The Morgan fingerprint density at radius 3 is 2.62 bits per heavy atom. The minimum atomic E-state index is -0.576. The zero-order chi connectivity index (χ0) is 20.9. The van der Waals surface area contributed by atoms with Crippen LogP contribution in [0.3, 0.4) is 0 Å². The molecule has 0 unspecified atom stereocenters. The largest absolute Gasteiger partial charge is 0.368 e. The van der Waals surface area contributed by atoms with Crippen molar-refractivity contribution in [1.82, 2.24) is 18.7 Å². The molecule has 1 amide bonds. The van der Waals surface area contributed by atoms with Crippen LogP contribution in [0.15, 0.2) is 39.0 Å². The number of anilines is 1. The lowest BCUT2D eigenvalue weighted by molar-refractivity contribution is -0.116. The normalized spacial score (nSPS) is 13.5. The molecule has 0 radical (unpaired) electrons. The number of aromatic nitrogens is 4. The fourth-order valence-electron chi connectivity index (χ4n) is 3.57. The van der Waals surface area contributed by atoms with Crippen molar-refractivity contribution < 1.29 is 4.79 Å². The number of imidazole rings is 1. The lowest BCUT2D eigenvalue weighted by Gasteiger charge is -2.23. The van der Waals surface area contributed by atoms with E-state index in [0.717, 1.165) is 11.1 Å². The van der Waals surface area contributed by atoms with Gasteiger partial charge in [-0.1, -0.05) is 24.3 Å². The second-order valence-corrected chi connectivity index (χ2v) is 7.19. The van der Waals surface area contributed by atoms with Gasteiger partial charge in [-0.2, -0.15) is 10.1 Å². The Hall–Kier alpha value is -3.69. The summed E-state index contributed by atoms with van der Waals surface area (Å²) in [5.74, 6) is -0.266. The standard InChI is InChI=1S/C19H21N7O3/c1-11-6-4-5-7-13(11)9-25-17(28)15-16(23(3)19(25)29)21-18-24(15)8-12(2)22-26(18)10-14(20)27/h4-7H,8-10H2,1-3H3,(H2,20,27). The van der Waals surface area contributed by atoms with Gasteiger partial charge in [-0.25, -0.2) is 9.80 Å². The highest BCUT2D eigenvalue weighted by molar-refractivity contribution is 5.89. The van der Waals surface area contributed by atoms with Gasteiger partial charge >= 0.3 is 5.69 Å². The van der Waals surface area contributed by atoms with Crippen molar-refractivity contribution in [2.45, 2.75) is 26.9 Å². The third kappa shape index (κ3) is 3.02. The molecule has 0 bridgehead atoms. The highest BCUT2D eigenvalue weighted by Crippen LogP contribution is 2.23. The van der Waals surface area contributed by atoms with Crippen molar-refractivity contribution in [3.8, 4) is 0 Å². The van der Waals surface area contributed by atoms with Crippen LogP contribution in [-0.4, -0.2) is 36.8 Å². The number of carbonyl (C=O) groups is 1.